The average Bonchev–Trinajstić information content (AvgIpc) is 2.34. The van der Waals surface area contributed by atoms with Crippen molar-refractivity contribution in [3.05, 3.63) is 0 Å². The van der Waals surface area contributed by atoms with Gasteiger partial charge in [-0.05, 0) is 12.8 Å². The lowest BCUT2D eigenvalue weighted by molar-refractivity contribution is -0.337. The first-order chi connectivity index (χ1) is 8.73. The standard InChI is InChI=1S/C11H16F6O2/c12-9(10(13,14)15)11(16,17)19-7-6-18-8-4-2-1-3-5-8/h8-9H,1-7H2. The molecule has 1 unspecified atom stereocenters. The van der Waals surface area contributed by atoms with Gasteiger partial charge >= 0.3 is 12.3 Å². The first-order valence-corrected chi connectivity index (χ1v) is 6.07. The van der Waals surface area contributed by atoms with Gasteiger partial charge < -0.3 is 9.47 Å². The normalized spacial score (nSPS) is 20.5. The van der Waals surface area contributed by atoms with Gasteiger partial charge in [0, 0.05) is 0 Å². The molecule has 0 amide bonds. The zero-order valence-electron chi connectivity index (χ0n) is 10.2. The van der Waals surface area contributed by atoms with E-state index in [2.05, 4.69) is 4.74 Å². The van der Waals surface area contributed by atoms with Gasteiger partial charge in [-0.1, -0.05) is 19.3 Å². The summed E-state index contributed by atoms with van der Waals surface area (Å²) in [4.78, 5) is 0. The second-order valence-corrected chi connectivity index (χ2v) is 4.45. The first-order valence-electron chi connectivity index (χ1n) is 6.07. The summed E-state index contributed by atoms with van der Waals surface area (Å²) in [6.45, 7) is -1.05. The molecule has 1 fully saturated rings. The van der Waals surface area contributed by atoms with Gasteiger partial charge in [0.15, 0.2) is 0 Å². The molecule has 0 N–H and O–H groups in total. The predicted octanol–water partition coefficient (Wildman–Crippen LogP) is 3.85. The molecule has 0 heterocycles. The molecule has 0 spiro atoms. The van der Waals surface area contributed by atoms with Crippen LogP contribution < -0.4 is 0 Å². The molecule has 1 atom stereocenters. The van der Waals surface area contributed by atoms with Crippen molar-refractivity contribution in [1.82, 2.24) is 0 Å². The Bertz CT molecular complexity index is 262. The smallest absolute Gasteiger partial charge is 0.376 e. The topological polar surface area (TPSA) is 18.5 Å². The van der Waals surface area contributed by atoms with Gasteiger partial charge in [-0.2, -0.15) is 22.0 Å². The summed E-state index contributed by atoms with van der Waals surface area (Å²) in [5, 5.41) is 0. The molecule has 1 aliphatic rings. The second-order valence-electron chi connectivity index (χ2n) is 4.45. The second kappa shape index (κ2) is 6.78. The van der Waals surface area contributed by atoms with Crippen molar-refractivity contribution in [2.75, 3.05) is 13.2 Å². The van der Waals surface area contributed by atoms with Crippen LogP contribution in [0, 0.1) is 0 Å². The Morgan fingerprint density at radius 2 is 1.53 bits per heavy atom. The molecule has 19 heavy (non-hydrogen) atoms. The molecule has 1 rings (SSSR count). The lowest BCUT2D eigenvalue weighted by atomic mass is 9.98. The molecule has 0 bridgehead atoms. The van der Waals surface area contributed by atoms with Crippen LogP contribution in [0.15, 0.2) is 0 Å². The molecule has 0 aromatic rings. The summed E-state index contributed by atoms with van der Waals surface area (Å²) >= 11 is 0. The Kier molecular flexibility index (Phi) is 5.91. The van der Waals surface area contributed by atoms with E-state index in [1.807, 2.05) is 0 Å². The summed E-state index contributed by atoms with van der Waals surface area (Å²) in [6, 6.07) is 0. The molecular weight excluding hydrogens is 278 g/mol. The highest BCUT2D eigenvalue weighted by atomic mass is 19.4. The van der Waals surface area contributed by atoms with Crippen LogP contribution in [0.1, 0.15) is 32.1 Å². The molecule has 1 aliphatic carbocycles. The largest absolute Gasteiger partial charge is 0.428 e. The number of hydrogen-bond donors (Lipinski definition) is 0. The van der Waals surface area contributed by atoms with Crippen LogP contribution in [-0.4, -0.2) is 37.8 Å². The third-order valence-corrected chi connectivity index (χ3v) is 2.87. The molecule has 2 nitrogen and oxygen atoms in total. The number of hydrogen-bond acceptors (Lipinski definition) is 2. The fourth-order valence-electron chi connectivity index (χ4n) is 1.89. The monoisotopic (exact) mass is 294 g/mol. The van der Waals surface area contributed by atoms with Gasteiger partial charge in [0.2, 0.25) is 0 Å². The average molecular weight is 294 g/mol. The molecule has 8 heteroatoms. The molecule has 0 aromatic carbocycles. The summed E-state index contributed by atoms with van der Waals surface area (Å²) in [7, 11) is 0. The zero-order valence-corrected chi connectivity index (χ0v) is 10.2. The summed E-state index contributed by atoms with van der Waals surface area (Å²) < 4.78 is 82.0. The predicted molar refractivity (Wildman–Crippen MR) is 54.7 cm³/mol. The zero-order chi connectivity index (χ0) is 14.5. The van der Waals surface area contributed by atoms with Gasteiger partial charge in [-0.3, -0.25) is 0 Å². The van der Waals surface area contributed by atoms with Gasteiger partial charge in [-0.15, -0.1) is 0 Å². The Labute approximate surface area is 107 Å². The van der Waals surface area contributed by atoms with Gasteiger partial charge in [0.1, 0.15) is 0 Å². The van der Waals surface area contributed by atoms with E-state index < -0.39 is 25.1 Å². The van der Waals surface area contributed by atoms with E-state index in [1.54, 1.807) is 0 Å². The summed E-state index contributed by atoms with van der Waals surface area (Å²) in [5.74, 6) is 0. The van der Waals surface area contributed by atoms with Crippen molar-refractivity contribution >= 4 is 0 Å². The van der Waals surface area contributed by atoms with Gasteiger partial charge in [0.05, 0.1) is 19.3 Å². The first kappa shape index (κ1) is 16.6. The third-order valence-electron chi connectivity index (χ3n) is 2.87. The van der Waals surface area contributed by atoms with Crippen molar-refractivity contribution in [2.45, 2.75) is 56.7 Å². The van der Waals surface area contributed by atoms with Crippen molar-refractivity contribution in [3.8, 4) is 0 Å². The van der Waals surface area contributed by atoms with Crippen molar-refractivity contribution < 1.29 is 35.8 Å². The van der Waals surface area contributed by atoms with E-state index in [9.17, 15) is 26.3 Å². The molecule has 1 saturated carbocycles. The van der Waals surface area contributed by atoms with Crippen molar-refractivity contribution in [3.63, 3.8) is 0 Å². The van der Waals surface area contributed by atoms with E-state index in [0.717, 1.165) is 32.1 Å². The molecule has 114 valence electrons. The number of halogens is 6. The van der Waals surface area contributed by atoms with Crippen LogP contribution in [0.4, 0.5) is 26.3 Å². The molecule has 0 radical (unpaired) electrons. The van der Waals surface area contributed by atoms with E-state index in [0.29, 0.717) is 0 Å². The summed E-state index contributed by atoms with van der Waals surface area (Å²) in [5.41, 5.74) is 0. The molecule has 0 saturated heterocycles. The molecule has 0 aromatic heterocycles. The quantitative estimate of drug-likeness (QED) is 0.547. The lowest BCUT2D eigenvalue weighted by Gasteiger charge is -2.24. The highest BCUT2D eigenvalue weighted by Crippen LogP contribution is 2.35. The number of ether oxygens (including phenoxy) is 2. The Balaban J connectivity index is 2.23. The van der Waals surface area contributed by atoms with Crippen LogP contribution in [-0.2, 0) is 9.47 Å². The number of rotatable bonds is 6. The lowest BCUT2D eigenvalue weighted by Crippen LogP contribution is -2.44. The minimum absolute atomic E-state index is 0.0743. The van der Waals surface area contributed by atoms with E-state index in [1.165, 1.54) is 0 Å². The Hall–Kier alpha value is -0.500. The van der Waals surface area contributed by atoms with Gasteiger partial charge in [0.25, 0.3) is 6.17 Å². The van der Waals surface area contributed by atoms with E-state index in [4.69, 9.17) is 4.74 Å². The SMILES string of the molecule is FC(C(F)(F)F)C(F)(F)OCCOC1CCCCC1. The fourth-order valence-corrected chi connectivity index (χ4v) is 1.89. The van der Waals surface area contributed by atoms with Crippen LogP contribution in [0.25, 0.3) is 0 Å². The van der Waals surface area contributed by atoms with Crippen molar-refractivity contribution in [2.24, 2.45) is 0 Å². The van der Waals surface area contributed by atoms with Crippen LogP contribution in [0.3, 0.4) is 0 Å². The van der Waals surface area contributed by atoms with Gasteiger partial charge in [-0.25, -0.2) is 4.39 Å². The van der Waals surface area contributed by atoms with E-state index >= 15 is 0 Å². The maximum atomic E-state index is 12.7. The maximum Gasteiger partial charge on any atom is 0.428 e. The fraction of sp³-hybridized carbons (Fsp3) is 1.00. The third kappa shape index (κ3) is 5.56. The Morgan fingerprint density at radius 1 is 0.947 bits per heavy atom. The Morgan fingerprint density at radius 3 is 2.05 bits per heavy atom. The van der Waals surface area contributed by atoms with Crippen LogP contribution in [0.2, 0.25) is 0 Å². The maximum absolute atomic E-state index is 12.7. The van der Waals surface area contributed by atoms with Crippen LogP contribution in [0.5, 0.6) is 0 Å². The minimum atomic E-state index is -5.65. The highest BCUT2D eigenvalue weighted by Gasteiger charge is 2.58. The molecular formula is C11H16F6O2. The van der Waals surface area contributed by atoms with Crippen molar-refractivity contribution in [1.29, 1.82) is 0 Å². The van der Waals surface area contributed by atoms with E-state index in [-0.39, 0.29) is 12.7 Å². The summed E-state index contributed by atoms with van der Waals surface area (Å²) in [6.07, 6.45) is -10.3. The minimum Gasteiger partial charge on any atom is -0.376 e. The van der Waals surface area contributed by atoms with Crippen LogP contribution >= 0.6 is 0 Å². The number of alkyl halides is 6. The molecule has 0 aliphatic heterocycles. The highest BCUT2D eigenvalue weighted by molar-refractivity contribution is 4.75.